The second-order valence-corrected chi connectivity index (χ2v) is 4.36. The van der Waals surface area contributed by atoms with E-state index in [-0.39, 0.29) is 18.5 Å². The summed E-state index contributed by atoms with van der Waals surface area (Å²) in [7, 11) is 0. The Hall–Kier alpha value is -1.06. The topological polar surface area (TPSA) is 49.4 Å². The average molecular weight is 180 g/mol. The fraction of sp³-hybridized carbons (Fsp3) is 0.778. The molecule has 3 fully saturated rings. The van der Waals surface area contributed by atoms with Crippen molar-refractivity contribution in [2.45, 2.75) is 25.3 Å². The van der Waals surface area contributed by atoms with Crippen molar-refractivity contribution < 1.29 is 9.59 Å². The third-order valence-corrected chi connectivity index (χ3v) is 3.48. The minimum atomic E-state index is -0.184. The first kappa shape index (κ1) is 7.35. The minimum absolute atomic E-state index is 0.148. The molecule has 3 aliphatic rings. The summed E-state index contributed by atoms with van der Waals surface area (Å²) >= 11 is 0. The molecule has 2 aliphatic carbocycles. The fourth-order valence-electron chi connectivity index (χ4n) is 2.69. The first-order chi connectivity index (χ1) is 6.24. The zero-order valence-corrected chi connectivity index (χ0v) is 7.32. The van der Waals surface area contributed by atoms with Gasteiger partial charge in [-0.2, -0.15) is 0 Å². The molecule has 4 heteroatoms. The Morgan fingerprint density at radius 2 is 1.85 bits per heavy atom. The molecule has 70 valence electrons. The molecule has 1 aliphatic heterocycles. The predicted octanol–water partition coefficient (Wildman–Crippen LogP) is 0.337. The van der Waals surface area contributed by atoms with Crippen LogP contribution in [0.4, 0.5) is 4.79 Å². The molecule has 0 aromatic rings. The maximum absolute atomic E-state index is 11.3. The van der Waals surface area contributed by atoms with Crippen LogP contribution in [0.5, 0.6) is 0 Å². The van der Waals surface area contributed by atoms with E-state index in [9.17, 15) is 9.59 Å². The fourth-order valence-corrected chi connectivity index (χ4v) is 2.69. The Labute approximate surface area is 76.3 Å². The number of hydrogen-bond donors (Lipinski definition) is 1. The van der Waals surface area contributed by atoms with Crippen molar-refractivity contribution in [2.75, 3.05) is 6.54 Å². The maximum atomic E-state index is 11.3. The SMILES string of the molecule is O=C1CN(C2CC3CC3C2)C(=O)N1. The lowest BCUT2D eigenvalue weighted by Crippen LogP contribution is -2.36. The van der Waals surface area contributed by atoms with Crippen LogP contribution in [-0.2, 0) is 4.79 Å². The van der Waals surface area contributed by atoms with Gasteiger partial charge in [-0.3, -0.25) is 10.1 Å². The van der Waals surface area contributed by atoms with Crippen LogP contribution in [-0.4, -0.2) is 29.4 Å². The average Bonchev–Trinajstić information content (AvgIpc) is 2.55. The number of rotatable bonds is 1. The molecule has 4 nitrogen and oxygen atoms in total. The van der Waals surface area contributed by atoms with Gasteiger partial charge in [0.1, 0.15) is 6.54 Å². The minimum Gasteiger partial charge on any atom is -0.312 e. The van der Waals surface area contributed by atoms with E-state index in [2.05, 4.69) is 5.32 Å². The monoisotopic (exact) mass is 180 g/mol. The highest BCUT2D eigenvalue weighted by molar-refractivity contribution is 6.02. The van der Waals surface area contributed by atoms with Crippen molar-refractivity contribution >= 4 is 11.9 Å². The molecule has 1 heterocycles. The molecule has 0 spiro atoms. The second-order valence-electron chi connectivity index (χ2n) is 4.36. The Morgan fingerprint density at radius 3 is 2.38 bits per heavy atom. The lowest BCUT2D eigenvalue weighted by Gasteiger charge is -2.22. The van der Waals surface area contributed by atoms with E-state index in [4.69, 9.17) is 0 Å². The summed E-state index contributed by atoms with van der Waals surface area (Å²) in [6.07, 6.45) is 3.58. The van der Waals surface area contributed by atoms with Gasteiger partial charge < -0.3 is 4.90 Å². The van der Waals surface area contributed by atoms with Crippen LogP contribution in [0.15, 0.2) is 0 Å². The third kappa shape index (κ3) is 1.04. The summed E-state index contributed by atoms with van der Waals surface area (Å²) in [5.74, 6) is 1.56. The molecule has 0 radical (unpaired) electrons. The lowest BCUT2D eigenvalue weighted by atomic mass is 10.1. The molecule has 1 N–H and O–H groups in total. The molecule has 1 saturated heterocycles. The van der Waals surface area contributed by atoms with Crippen LogP contribution < -0.4 is 5.32 Å². The van der Waals surface area contributed by atoms with Crippen LogP contribution in [0.1, 0.15) is 19.3 Å². The molecule has 13 heavy (non-hydrogen) atoms. The van der Waals surface area contributed by atoms with E-state index in [0.29, 0.717) is 6.04 Å². The van der Waals surface area contributed by atoms with Gasteiger partial charge in [-0.15, -0.1) is 0 Å². The molecular formula is C9H12N2O2. The zero-order valence-electron chi connectivity index (χ0n) is 7.32. The van der Waals surface area contributed by atoms with E-state index in [1.165, 1.54) is 6.42 Å². The van der Waals surface area contributed by atoms with Gasteiger partial charge in [-0.1, -0.05) is 0 Å². The molecular weight excluding hydrogens is 168 g/mol. The molecule has 0 aromatic carbocycles. The quantitative estimate of drug-likeness (QED) is 0.591. The van der Waals surface area contributed by atoms with Crippen LogP contribution in [0.3, 0.4) is 0 Å². The van der Waals surface area contributed by atoms with E-state index >= 15 is 0 Å². The lowest BCUT2D eigenvalue weighted by molar-refractivity contribution is -0.118. The van der Waals surface area contributed by atoms with E-state index < -0.39 is 0 Å². The van der Waals surface area contributed by atoms with Crippen molar-refractivity contribution in [1.29, 1.82) is 0 Å². The highest BCUT2D eigenvalue weighted by Gasteiger charge is 2.49. The van der Waals surface area contributed by atoms with Gasteiger partial charge in [0.2, 0.25) is 5.91 Å². The van der Waals surface area contributed by atoms with Gasteiger partial charge in [-0.25, -0.2) is 4.79 Å². The van der Waals surface area contributed by atoms with Gasteiger partial charge in [0.15, 0.2) is 0 Å². The normalized spacial score (nSPS) is 42.2. The number of fused-ring (bicyclic) bond motifs is 1. The van der Waals surface area contributed by atoms with Crippen molar-refractivity contribution in [2.24, 2.45) is 11.8 Å². The maximum Gasteiger partial charge on any atom is 0.324 e. The van der Waals surface area contributed by atoms with Gasteiger partial charge in [0.05, 0.1) is 0 Å². The second kappa shape index (κ2) is 2.25. The molecule has 3 amide bonds. The van der Waals surface area contributed by atoms with E-state index in [1.54, 1.807) is 4.90 Å². The number of nitrogens with one attached hydrogen (secondary N) is 1. The van der Waals surface area contributed by atoms with E-state index in [0.717, 1.165) is 24.7 Å². The standard InChI is InChI=1S/C9H12N2O2/c12-8-4-11(9(13)10-8)7-2-5-1-6(5)3-7/h5-7H,1-4H2,(H,10,12,13). The smallest absolute Gasteiger partial charge is 0.312 e. The molecule has 0 bridgehead atoms. The number of imide groups is 1. The number of nitrogens with zero attached hydrogens (tertiary/aromatic N) is 1. The summed E-state index contributed by atoms with van der Waals surface area (Å²) in [4.78, 5) is 23.9. The predicted molar refractivity (Wildman–Crippen MR) is 44.9 cm³/mol. The Bertz CT molecular complexity index is 279. The Kier molecular flexibility index (Phi) is 1.27. The summed E-state index contributed by atoms with van der Waals surface area (Å²) in [5.41, 5.74) is 0. The van der Waals surface area contributed by atoms with Crippen LogP contribution in [0.25, 0.3) is 0 Å². The molecule has 2 atom stereocenters. The summed E-state index contributed by atoms with van der Waals surface area (Å²) in [6.45, 7) is 0.281. The first-order valence-electron chi connectivity index (χ1n) is 4.84. The summed E-state index contributed by atoms with van der Waals surface area (Å²) in [6, 6.07) is 0.159. The van der Waals surface area contributed by atoms with Gasteiger partial charge in [0, 0.05) is 6.04 Å². The van der Waals surface area contributed by atoms with Crippen LogP contribution in [0, 0.1) is 11.8 Å². The largest absolute Gasteiger partial charge is 0.324 e. The van der Waals surface area contributed by atoms with Crippen molar-refractivity contribution in [3.63, 3.8) is 0 Å². The highest BCUT2D eigenvalue weighted by Crippen LogP contribution is 2.53. The molecule has 2 saturated carbocycles. The summed E-state index contributed by atoms with van der Waals surface area (Å²) < 4.78 is 0. The van der Waals surface area contributed by atoms with E-state index in [1.807, 2.05) is 0 Å². The third-order valence-electron chi connectivity index (χ3n) is 3.48. The van der Waals surface area contributed by atoms with Crippen molar-refractivity contribution in [1.82, 2.24) is 10.2 Å². The summed E-state index contributed by atoms with van der Waals surface area (Å²) in [5, 5.41) is 2.32. The van der Waals surface area contributed by atoms with Crippen molar-refractivity contribution in [3.8, 4) is 0 Å². The number of carbonyl (C=O) groups excluding carboxylic acids is 2. The molecule has 3 rings (SSSR count). The van der Waals surface area contributed by atoms with Gasteiger partial charge in [0.25, 0.3) is 0 Å². The molecule has 2 unspecified atom stereocenters. The Balaban J connectivity index is 1.71. The number of hydrogen-bond acceptors (Lipinski definition) is 2. The van der Waals surface area contributed by atoms with Gasteiger partial charge >= 0.3 is 6.03 Å². The van der Waals surface area contributed by atoms with Gasteiger partial charge in [-0.05, 0) is 31.1 Å². The number of urea groups is 1. The molecule has 0 aromatic heterocycles. The number of carbonyl (C=O) groups is 2. The van der Waals surface area contributed by atoms with Crippen LogP contribution in [0.2, 0.25) is 0 Å². The van der Waals surface area contributed by atoms with Crippen molar-refractivity contribution in [3.05, 3.63) is 0 Å². The Morgan fingerprint density at radius 1 is 1.15 bits per heavy atom. The zero-order chi connectivity index (χ0) is 9.00. The highest BCUT2D eigenvalue weighted by atomic mass is 16.2. The number of amides is 3. The first-order valence-corrected chi connectivity index (χ1v) is 4.84. The van der Waals surface area contributed by atoms with Crippen LogP contribution >= 0.6 is 0 Å².